The van der Waals surface area contributed by atoms with Gasteiger partial charge in [0.1, 0.15) is 36.6 Å². The van der Waals surface area contributed by atoms with Crippen molar-refractivity contribution in [3.05, 3.63) is 69.8 Å². The number of aromatic nitrogens is 2. The number of nitrogens with two attached hydrogens (primary N) is 1. The van der Waals surface area contributed by atoms with Gasteiger partial charge in [0.25, 0.3) is 17.5 Å². The number of rotatable bonds is 8. The lowest BCUT2D eigenvalue weighted by Gasteiger charge is -2.48. The number of anilines is 1. The fourth-order valence-electron chi connectivity index (χ4n) is 3.44. The van der Waals surface area contributed by atoms with Gasteiger partial charge in [0.2, 0.25) is 5.71 Å². The Morgan fingerprint density at radius 3 is 2.75 bits per heavy atom. The Hall–Kier alpha value is -4.53. The van der Waals surface area contributed by atoms with E-state index in [0.29, 0.717) is 11.3 Å². The molecule has 3 heterocycles. The monoisotopic (exact) mass is 513 g/mol. The molecular weight excluding hydrogens is 494 g/mol. The molecule has 2 aromatic rings. The Balaban J connectivity index is 1.39. The molecule has 3 N–H and O–H groups in total. The molecule has 36 heavy (non-hydrogen) atoms. The van der Waals surface area contributed by atoms with Gasteiger partial charge in [-0.1, -0.05) is 5.16 Å². The topological polar surface area (TPSA) is 192 Å². The van der Waals surface area contributed by atoms with Crippen LogP contribution >= 0.6 is 11.8 Å². The molecule has 0 spiro atoms. The summed E-state index contributed by atoms with van der Waals surface area (Å²) in [6.07, 6.45) is 2.91. The summed E-state index contributed by atoms with van der Waals surface area (Å²) in [5, 5.41) is 16.5. The molecule has 1 aromatic carbocycles. The molecule has 186 valence electrons. The molecule has 1 unspecified atom stereocenters. The number of esters is 1. The van der Waals surface area contributed by atoms with E-state index in [2.05, 4.69) is 20.4 Å². The van der Waals surface area contributed by atoms with Crippen molar-refractivity contribution in [3.63, 3.8) is 0 Å². The molecule has 2 amide bonds. The Labute approximate surface area is 207 Å². The lowest BCUT2D eigenvalue weighted by atomic mass is 10.0. The fraction of sp³-hybridized carbons (Fsp3) is 0.238. The molecule has 0 aliphatic carbocycles. The van der Waals surface area contributed by atoms with Crippen molar-refractivity contribution in [1.82, 2.24) is 20.2 Å². The molecule has 0 bridgehead atoms. The molecule has 2 atom stereocenters. The van der Waals surface area contributed by atoms with Crippen molar-refractivity contribution < 1.29 is 28.9 Å². The molecule has 1 saturated heterocycles. The van der Waals surface area contributed by atoms with Gasteiger partial charge in [-0.05, 0) is 29.8 Å². The summed E-state index contributed by atoms with van der Waals surface area (Å²) in [6, 6.07) is 6.06. The quantitative estimate of drug-likeness (QED) is 0.163. The minimum atomic E-state index is -0.934. The van der Waals surface area contributed by atoms with Gasteiger partial charge in [0.15, 0.2) is 5.82 Å². The van der Waals surface area contributed by atoms with E-state index in [9.17, 15) is 24.5 Å². The van der Waals surface area contributed by atoms with Crippen molar-refractivity contribution in [1.29, 1.82) is 0 Å². The summed E-state index contributed by atoms with van der Waals surface area (Å²) in [7, 11) is 1.24. The van der Waals surface area contributed by atoms with Crippen LogP contribution in [0.3, 0.4) is 0 Å². The molecule has 15 heteroatoms. The number of β-lactam (4-membered cyclic amide) rings is 1. The van der Waals surface area contributed by atoms with E-state index in [-0.39, 0.29) is 35.3 Å². The third-order valence-electron chi connectivity index (χ3n) is 5.15. The highest BCUT2D eigenvalue weighted by atomic mass is 32.2. The predicted molar refractivity (Wildman–Crippen MR) is 126 cm³/mol. The second kappa shape index (κ2) is 10.4. The second-order valence-electron chi connectivity index (χ2n) is 7.40. The number of nitrogen functional groups attached to an aromatic ring is 1. The van der Waals surface area contributed by atoms with E-state index in [1.807, 2.05) is 0 Å². The maximum atomic E-state index is 12.9. The zero-order chi connectivity index (χ0) is 25.8. The molecule has 2 aliphatic rings. The van der Waals surface area contributed by atoms with Crippen LogP contribution in [0.25, 0.3) is 0 Å². The lowest BCUT2D eigenvalue weighted by Crippen LogP contribution is -2.70. The summed E-state index contributed by atoms with van der Waals surface area (Å²) in [5.41, 5.74) is 5.90. The smallest absolute Gasteiger partial charge is 0.355 e. The highest BCUT2D eigenvalue weighted by Crippen LogP contribution is 2.38. The van der Waals surface area contributed by atoms with Crippen LogP contribution in [0.5, 0.6) is 0 Å². The SMILES string of the molecule is CON=C(C(=O)NC1C(=O)N2C(C(=O)OCc3ccc([N+](=O)[O-])cc3)=CCS[C@@H]12)c1nccc(N)n1. The number of hydrogen-bond donors (Lipinski definition) is 2. The maximum absolute atomic E-state index is 12.9. The van der Waals surface area contributed by atoms with Gasteiger partial charge in [0.05, 0.1) is 4.92 Å². The molecule has 1 fully saturated rings. The molecule has 0 radical (unpaired) electrons. The number of fused-ring (bicyclic) bond motifs is 1. The average Bonchev–Trinajstić information content (AvgIpc) is 2.88. The maximum Gasteiger partial charge on any atom is 0.355 e. The van der Waals surface area contributed by atoms with Gasteiger partial charge in [-0.15, -0.1) is 11.8 Å². The first kappa shape index (κ1) is 24.6. The molecular formula is C21H19N7O7S. The first-order valence-corrected chi connectivity index (χ1v) is 11.4. The third-order valence-corrected chi connectivity index (χ3v) is 6.33. The third kappa shape index (κ3) is 4.95. The van der Waals surface area contributed by atoms with Crippen molar-refractivity contribution in [3.8, 4) is 0 Å². The minimum Gasteiger partial charge on any atom is -0.456 e. The number of carbonyl (C=O) groups is 3. The molecule has 14 nitrogen and oxygen atoms in total. The predicted octanol–water partition coefficient (Wildman–Crippen LogP) is 0.345. The van der Waals surface area contributed by atoms with Crippen molar-refractivity contribution >= 4 is 46.8 Å². The summed E-state index contributed by atoms with van der Waals surface area (Å²) < 4.78 is 5.29. The van der Waals surface area contributed by atoms with Gasteiger partial charge in [-0.2, -0.15) is 0 Å². The van der Waals surface area contributed by atoms with Crippen molar-refractivity contribution in [2.75, 3.05) is 18.6 Å². The van der Waals surface area contributed by atoms with Crippen LogP contribution in [0.1, 0.15) is 11.4 Å². The van der Waals surface area contributed by atoms with Crippen molar-refractivity contribution in [2.45, 2.75) is 18.0 Å². The number of nitrogens with zero attached hydrogens (tertiary/aromatic N) is 5. The number of hydrogen-bond acceptors (Lipinski definition) is 12. The minimum absolute atomic E-state index is 0.0566. The summed E-state index contributed by atoms with van der Waals surface area (Å²) in [6.45, 7) is -0.134. The average molecular weight is 513 g/mol. The molecule has 0 saturated carbocycles. The Morgan fingerprint density at radius 2 is 2.08 bits per heavy atom. The highest BCUT2D eigenvalue weighted by Gasteiger charge is 2.53. The first-order valence-electron chi connectivity index (χ1n) is 10.4. The standard InChI is InChI=1S/C21H19N7O7S/c1-34-26-15(17-23-8-6-14(22)24-17)18(29)25-16-19(30)27-13(7-9-36-20(16)27)21(31)35-10-11-2-4-12(5-3-11)28(32)33/h2-8,16,20H,9-10H2,1H3,(H,25,29)(H2,22,23,24)/t16?,20-/m0/s1. The van der Waals surface area contributed by atoms with Gasteiger partial charge >= 0.3 is 5.97 Å². The number of amides is 2. The van der Waals surface area contributed by atoms with Gasteiger partial charge in [-0.3, -0.25) is 24.6 Å². The number of oxime groups is 1. The van der Waals surface area contributed by atoms with Crippen LogP contribution < -0.4 is 11.1 Å². The van der Waals surface area contributed by atoms with Gasteiger partial charge in [0, 0.05) is 24.1 Å². The lowest BCUT2D eigenvalue weighted by molar-refractivity contribution is -0.384. The first-order chi connectivity index (χ1) is 17.3. The van der Waals surface area contributed by atoms with E-state index >= 15 is 0 Å². The summed E-state index contributed by atoms with van der Waals surface area (Å²) in [4.78, 5) is 62.5. The van der Waals surface area contributed by atoms with E-state index in [0.717, 1.165) is 0 Å². The number of nitro groups is 1. The van der Waals surface area contributed by atoms with Crippen LogP contribution in [0.4, 0.5) is 11.5 Å². The number of thioether (sulfide) groups is 1. The Morgan fingerprint density at radius 1 is 1.33 bits per heavy atom. The van der Waals surface area contributed by atoms with Crippen LogP contribution in [-0.4, -0.2) is 67.6 Å². The highest BCUT2D eigenvalue weighted by molar-refractivity contribution is 8.00. The van der Waals surface area contributed by atoms with Gasteiger partial charge < -0.3 is 20.6 Å². The number of benzene rings is 1. The number of non-ortho nitro benzene ring substituents is 1. The number of carbonyl (C=O) groups excluding carboxylic acids is 3. The Kier molecular flexibility index (Phi) is 7.10. The van der Waals surface area contributed by atoms with E-state index < -0.39 is 34.1 Å². The van der Waals surface area contributed by atoms with Crippen LogP contribution in [-0.2, 0) is 30.6 Å². The number of nitrogens with one attached hydrogen (secondary N) is 1. The van der Waals surface area contributed by atoms with E-state index in [1.54, 1.807) is 6.08 Å². The van der Waals surface area contributed by atoms with Crippen molar-refractivity contribution in [2.24, 2.45) is 5.16 Å². The second-order valence-corrected chi connectivity index (χ2v) is 8.55. The molecule has 4 rings (SSSR count). The summed E-state index contributed by atoms with van der Waals surface area (Å²) >= 11 is 1.35. The molecule has 2 aliphatic heterocycles. The van der Waals surface area contributed by atoms with Crippen LogP contribution in [0, 0.1) is 10.1 Å². The van der Waals surface area contributed by atoms with E-state index in [4.69, 9.17) is 15.3 Å². The molecule has 1 aromatic heterocycles. The zero-order valence-corrected chi connectivity index (χ0v) is 19.5. The largest absolute Gasteiger partial charge is 0.456 e. The van der Waals surface area contributed by atoms with Crippen LogP contribution in [0.2, 0.25) is 0 Å². The fourth-order valence-corrected chi connectivity index (χ4v) is 4.63. The van der Waals surface area contributed by atoms with Gasteiger partial charge in [-0.25, -0.2) is 14.8 Å². The zero-order valence-electron chi connectivity index (χ0n) is 18.7. The normalized spacial score (nSPS) is 18.9. The van der Waals surface area contributed by atoms with E-state index in [1.165, 1.54) is 60.3 Å². The van der Waals surface area contributed by atoms with Crippen LogP contribution in [0.15, 0.2) is 53.5 Å². The number of ether oxygens (including phenoxy) is 1. The number of nitro benzene ring substituents is 1. The Bertz CT molecular complexity index is 1280. The summed E-state index contributed by atoms with van der Waals surface area (Å²) in [5.74, 6) is -1.55.